The SMILES string of the molecule is CC1(C)CCCC1C(=O)Nc1cccc(N)c1. The Kier molecular flexibility index (Phi) is 3.09. The van der Waals surface area contributed by atoms with E-state index in [9.17, 15) is 4.79 Å². The summed E-state index contributed by atoms with van der Waals surface area (Å²) in [6.07, 6.45) is 3.26. The molecule has 1 fully saturated rings. The number of anilines is 2. The van der Waals surface area contributed by atoms with E-state index in [1.807, 2.05) is 18.2 Å². The first-order chi connectivity index (χ1) is 7.99. The summed E-state index contributed by atoms with van der Waals surface area (Å²) in [5.74, 6) is 0.238. The lowest BCUT2D eigenvalue weighted by Crippen LogP contribution is -2.30. The molecule has 3 heteroatoms. The average Bonchev–Trinajstić information content (AvgIpc) is 2.58. The van der Waals surface area contributed by atoms with E-state index in [-0.39, 0.29) is 17.2 Å². The molecule has 17 heavy (non-hydrogen) atoms. The predicted octanol–water partition coefficient (Wildman–Crippen LogP) is 3.03. The van der Waals surface area contributed by atoms with Crippen molar-refractivity contribution in [3.05, 3.63) is 24.3 Å². The number of hydrogen-bond acceptors (Lipinski definition) is 2. The van der Waals surface area contributed by atoms with Gasteiger partial charge in [0, 0.05) is 17.3 Å². The van der Waals surface area contributed by atoms with Gasteiger partial charge in [-0.2, -0.15) is 0 Å². The van der Waals surface area contributed by atoms with Crippen molar-refractivity contribution < 1.29 is 4.79 Å². The molecule has 1 atom stereocenters. The molecule has 0 bridgehead atoms. The van der Waals surface area contributed by atoms with Gasteiger partial charge >= 0.3 is 0 Å². The minimum Gasteiger partial charge on any atom is -0.399 e. The topological polar surface area (TPSA) is 55.1 Å². The molecule has 1 aromatic rings. The molecular weight excluding hydrogens is 212 g/mol. The van der Waals surface area contributed by atoms with E-state index in [1.54, 1.807) is 6.07 Å². The van der Waals surface area contributed by atoms with Gasteiger partial charge in [-0.15, -0.1) is 0 Å². The van der Waals surface area contributed by atoms with Crippen molar-refractivity contribution >= 4 is 17.3 Å². The lowest BCUT2D eigenvalue weighted by Gasteiger charge is -2.25. The molecule has 0 radical (unpaired) electrons. The summed E-state index contributed by atoms with van der Waals surface area (Å²) in [6, 6.07) is 7.33. The number of carbonyl (C=O) groups is 1. The first-order valence-corrected chi connectivity index (χ1v) is 6.15. The van der Waals surface area contributed by atoms with E-state index >= 15 is 0 Å². The number of hydrogen-bond donors (Lipinski definition) is 2. The highest BCUT2D eigenvalue weighted by Crippen LogP contribution is 2.43. The maximum atomic E-state index is 12.2. The number of amides is 1. The Morgan fingerprint density at radius 3 is 2.82 bits per heavy atom. The summed E-state index contributed by atoms with van der Waals surface area (Å²) in [4.78, 5) is 12.2. The van der Waals surface area contributed by atoms with E-state index in [1.165, 1.54) is 0 Å². The van der Waals surface area contributed by atoms with Crippen LogP contribution in [0.3, 0.4) is 0 Å². The van der Waals surface area contributed by atoms with Gasteiger partial charge in [-0.25, -0.2) is 0 Å². The molecule has 0 aliphatic heterocycles. The van der Waals surface area contributed by atoms with Gasteiger partial charge in [0.25, 0.3) is 0 Å². The van der Waals surface area contributed by atoms with Crippen molar-refractivity contribution in [1.82, 2.24) is 0 Å². The molecule has 1 saturated carbocycles. The van der Waals surface area contributed by atoms with Crippen LogP contribution in [0.5, 0.6) is 0 Å². The molecule has 0 saturated heterocycles. The number of rotatable bonds is 2. The quantitative estimate of drug-likeness (QED) is 0.770. The maximum absolute atomic E-state index is 12.2. The Balaban J connectivity index is 2.07. The fourth-order valence-electron chi connectivity index (χ4n) is 2.66. The first-order valence-electron chi connectivity index (χ1n) is 6.15. The number of carbonyl (C=O) groups excluding carboxylic acids is 1. The zero-order valence-electron chi connectivity index (χ0n) is 10.5. The largest absolute Gasteiger partial charge is 0.399 e. The van der Waals surface area contributed by atoms with E-state index in [4.69, 9.17) is 5.73 Å². The van der Waals surface area contributed by atoms with Gasteiger partial charge in [-0.05, 0) is 36.5 Å². The van der Waals surface area contributed by atoms with Crippen LogP contribution < -0.4 is 11.1 Å². The molecule has 1 aliphatic rings. The molecule has 0 spiro atoms. The van der Waals surface area contributed by atoms with Crippen LogP contribution in [-0.4, -0.2) is 5.91 Å². The molecule has 3 N–H and O–H groups in total. The van der Waals surface area contributed by atoms with Gasteiger partial charge < -0.3 is 11.1 Å². The molecule has 1 unspecified atom stereocenters. The van der Waals surface area contributed by atoms with E-state index in [0.29, 0.717) is 5.69 Å². The third kappa shape index (κ3) is 2.60. The summed E-state index contributed by atoms with van der Waals surface area (Å²) in [6.45, 7) is 4.34. The van der Waals surface area contributed by atoms with Crippen LogP contribution in [0.2, 0.25) is 0 Å². The normalized spacial score (nSPS) is 22.4. The fraction of sp³-hybridized carbons (Fsp3) is 0.500. The van der Waals surface area contributed by atoms with E-state index < -0.39 is 0 Å². The van der Waals surface area contributed by atoms with Crippen molar-refractivity contribution in [3.63, 3.8) is 0 Å². The van der Waals surface area contributed by atoms with Crippen molar-refractivity contribution in [2.24, 2.45) is 11.3 Å². The summed E-state index contributed by atoms with van der Waals surface area (Å²) in [5, 5.41) is 2.96. The lowest BCUT2D eigenvalue weighted by molar-refractivity contribution is -0.122. The molecule has 2 rings (SSSR count). The van der Waals surface area contributed by atoms with Crippen LogP contribution in [0.15, 0.2) is 24.3 Å². The predicted molar refractivity (Wildman–Crippen MR) is 70.6 cm³/mol. The molecule has 1 amide bonds. The Hall–Kier alpha value is -1.51. The van der Waals surface area contributed by atoms with Crippen LogP contribution >= 0.6 is 0 Å². The number of nitrogens with two attached hydrogens (primary N) is 1. The zero-order chi connectivity index (χ0) is 12.5. The molecule has 0 heterocycles. The second-order valence-corrected chi connectivity index (χ2v) is 5.55. The summed E-state index contributed by atoms with van der Waals surface area (Å²) in [5.41, 5.74) is 7.27. The van der Waals surface area contributed by atoms with Gasteiger partial charge in [-0.1, -0.05) is 26.3 Å². The van der Waals surface area contributed by atoms with Gasteiger partial charge in [0.1, 0.15) is 0 Å². The molecule has 3 nitrogen and oxygen atoms in total. The Morgan fingerprint density at radius 2 is 2.24 bits per heavy atom. The van der Waals surface area contributed by atoms with Crippen molar-refractivity contribution in [2.45, 2.75) is 33.1 Å². The molecule has 1 aliphatic carbocycles. The smallest absolute Gasteiger partial charge is 0.228 e. The fourth-order valence-corrected chi connectivity index (χ4v) is 2.66. The van der Waals surface area contributed by atoms with Gasteiger partial charge in [-0.3, -0.25) is 4.79 Å². The van der Waals surface area contributed by atoms with Crippen LogP contribution in [0, 0.1) is 11.3 Å². The minimum absolute atomic E-state index is 0.115. The Morgan fingerprint density at radius 1 is 1.47 bits per heavy atom. The van der Waals surface area contributed by atoms with Crippen molar-refractivity contribution in [3.8, 4) is 0 Å². The summed E-state index contributed by atoms with van der Waals surface area (Å²) in [7, 11) is 0. The maximum Gasteiger partial charge on any atom is 0.228 e. The van der Waals surface area contributed by atoms with Gasteiger partial charge in [0.05, 0.1) is 0 Å². The van der Waals surface area contributed by atoms with Crippen molar-refractivity contribution in [1.29, 1.82) is 0 Å². The van der Waals surface area contributed by atoms with Crippen molar-refractivity contribution in [2.75, 3.05) is 11.1 Å². The first kappa shape index (κ1) is 12.0. The summed E-state index contributed by atoms with van der Waals surface area (Å²) >= 11 is 0. The third-order valence-electron chi connectivity index (χ3n) is 3.73. The van der Waals surface area contributed by atoms with Gasteiger partial charge in [0.2, 0.25) is 5.91 Å². The average molecular weight is 232 g/mol. The van der Waals surface area contributed by atoms with Crippen LogP contribution in [0.25, 0.3) is 0 Å². The highest BCUT2D eigenvalue weighted by Gasteiger charge is 2.39. The van der Waals surface area contributed by atoms with Crippen LogP contribution in [0.1, 0.15) is 33.1 Å². The highest BCUT2D eigenvalue weighted by molar-refractivity contribution is 5.93. The Labute approximate surface area is 102 Å². The molecule has 0 aromatic heterocycles. The van der Waals surface area contributed by atoms with E-state index in [2.05, 4.69) is 19.2 Å². The molecular formula is C14H20N2O. The number of nitrogen functional groups attached to an aromatic ring is 1. The molecule has 92 valence electrons. The number of benzene rings is 1. The monoisotopic (exact) mass is 232 g/mol. The Bertz CT molecular complexity index is 426. The summed E-state index contributed by atoms with van der Waals surface area (Å²) < 4.78 is 0. The zero-order valence-corrected chi connectivity index (χ0v) is 10.5. The minimum atomic E-state index is 0.115. The standard InChI is InChI=1S/C14H20N2O/c1-14(2)8-4-7-12(14)13(17)16-11-6-3-5-10(15)9-11/h3,5-6,9,12H,4,7-8,15H2,1-2H3,(H,16,17). The van der Waals surface area contributed by atoms with Gasteiger partial charge in [0.15, 0.2) is 0 Å². The number of nitrogens with one attached hydrogen (secondary N) is 1. The van der Waals surface area contributed by atoms with E-state index in [0.717, 1.165) is 24.9 Å². The lowest BCUT2D eigenvalue weighted by atomic mass is 9.81. The third-order valence-corrected chi connectivity index (χ3v) is 3.73. The van der Waals surface area contributed by atoms with Crippen LogP contribution in [0.4, 0.5) is 11.4 Å². The second-order valence-electron chi connectivity index (χ2n) is 5.55. The highest BCUT2D eigenvalue weighted by atomic mass is 16.1. The second kappa shape index (κ2) is 4.40. The van der Waals surface area contributed by atoms with Crippen LogP contribution in [-0.2, 0) is 4.79 Å². The molecule has 1 aromatic carbocycles.